The third kappa shape index (κ3) is 5.11. The molecule has 0 aliphatic rings. The maximum atomic E-state index is 8.56. The molecule has 0 aliphatic carbocycles. The lowest BCUT2D eigenvalue weighted by molar-refractivity contribution is 0.323. The molecule has 0 saturated carbocycles. The molecule has 1 aromatic carbocycles. The van der Waals surface area contributed by atoms with Gasteiger partial charge in [0.25, 0.3) is 6.26 Å². The minimum absolute atomic E-state index is 0.00490. The number of nitriles is 1. The van der Waals surface area contributed by atoms with Crippen molar-refractivity contribution in [2.24, 2.45) is 0 Å². The highest BCUT2D eigenvalue weighted by Gasteiger charge is 2.33. The summed E-state index contributed by atoms with van der Waals surface area (Å²) in [5.74, 6) is 0.923. The SMILES string of the molecule is CCOc1cc(CC(C)[Si](Cl)(Cl)Cl)ccc1OC#N. The standard InChI is InChI=1S/C12H14Cl3NO2Si/c1-3-17-12-7-10(4-5-11(12)18-8-16)6-9(2)19(13,14)15/h4-5,7,9H,3,6H2,1-2H3. The zero-order valence-corrected chi connectivity index (χ0v) is 13.9. The van der Waals surface area contributed by atoms with E-state index in [0.29, 0.717) is 24.5 Å². The summed E-state index contributed by atoms with van der Waals surface area (Å²) in [6, 6.07) is 2.64. The zero-order valence-electron chi connectivity index (χ0n) is 10.6. The second-order valence-electron chi connectivity index (χ2n) is 4.05. The van der Waals surface area contributed by atoms with Gasteiger partial charge in [-0.15, -0.1) is 38.5 Å². The van der Waals surface area contributed by atoms with E-state index in [1.54, 1.807) is 12.3 Å². The summed E-state index contributed by atoms with van der Waals surface area (Å²) >= 11 is 18.0. The molecule has 0 N–H and O–H groups in total. The first-order chi connectivity index (χ1) is 8.88. The molecule has 0 aromatic heterocycles. The summed E-state index contributed by atoms with van der Waals surface area (Å²) in [6.07, 6.45) is 2.28. The van der Waals surface area contributed by atoms with Gasteiger partial charge in [-0.3, -0.25) is 0 Å². The Labute approximate surface area is 128 Å². The fourth-order valence-corrected chi connectivity index (χ4v) is 2.71. The van der Waals surface area contributed by atoms with Crippen LogP contribution in [0.5, 0.6) is 11.5 Å². The summed E-state index contributed by atoms with van der Waals surface area (Å²) in [7, 11) is 0. The van der Waals surface area contributed by atoms with Crippen LogP contribution in [0.1, 0.15) is 19.4 Å². The van der Waals surface area contributed by atoms with Gasteiger partial charge in [0.15, 0.2) is 11.5 Å². The molecule has 0 bridgehead atoms. The van der Waals surface area contributed by atoms with Crippen LogP contribution in [0.25, 0.3) is 0 Å². The lowest BCUT2D eigenvalue weighted by Gasteiger charge is -2.18. The summed E-state index contributed by atoms with van der Waals surface area (Å²) in [4.78, 5) is 0. The fourth-order valence-electron chi connectivity index (χ4n) is 1.55. The Morgan fingerprint density at radius 1 is 1.32 bits per heavy atom. The highest BCUT2D eigenvalue weighted by Crippen LogP contribution is 2.37. The van der Waals surface area contributed by atoms with E-state index < -0.39 is 6.00 Å². The van der Waals surface area contributed by atoms with Crippen LogP contribution < -0.4 is 9.47 Å². The molecular formula is C12H14Cl3NO2Si. The molecule has 0 fully saturated rings. The molecule has 3 nitrogen and oxygen atoms in total. The van der Waals surface area contributed by atoms with Crippen molar-refractivity contribution in [1.82, 2.24) is 0 Å². The summed E-state index contributed by atoms with van der Waals surface area (Å²) in [6.45, 7) is 4.26. The smallest absolute Gasteiger partial charge is 0.344 e. The monoisotopic (exact) mass is 337 g/mol. The molecule has 0 heterocycles. The molecular weight excluding hydrogens is 325 g/mol. The van der Waals surface area contributed by atoms with E-state index in [-0.39, 0.29) is 5.54 Å². The van der Waals surface area contributed by atoms with E-state index in [9.17, 15) is 0 Å². The first kappa shape index (κ1) is 16.5. The molecule has 104 valence electrons. The molecule has 0 amide bonds. The van der Waals surface area contributed by atoms with Crippen LogP contribution in [0.3, 0.4) is 0 Å². The molecule has 1 atom stereocenters. The number of halogens is 3. The number of benzene rings is 1. The first-order valence-electron chi connectivity index (χ1n) is 5.76. The third-order valence-electron chi connectivity index (χ3n) is 2.56. The lowest BCUT2D eigenvalue weighted by atomic mass is 10.1. The second-order valence-corrected chi connectivity index (χ2v) is 13.2. The molecule has 0 saturated heterocycles. The van der Waals surface area contributed by atoms with Gasteiger partial charge in [-0.05, 0) is 36.6 Å². The van der Waals surface area contributed by atoms with Crippen LogP contribution in [-0.2, 0) is 6.42 Å². The third-order valence-corrected chi connectivity index (χ3v) is 7.24. The maximum Gasteiger partial charge on any atom is 0.344 e. The Bertz CT molecular complexity index is 471. The van der Waals surface area contributed by atoms with Crippen molar-refractivity contribution in [3.05, 3.63) is 23.8 Å². The highest BCUT2D eigenvalue weighted by molar-refractivity contribution is 7.65. The minimum Gasteiger partial charge on any atom is -0.490 e. The normalized spacial score (nSPS) is 12.6. The van der Waals surface area contributed by atoms with Crippen LogP contribution in [0, 0.1) is 11.5 Å². The van der Waals surface area contributed by atoms with Gasteiger partial charge >= 0.3 is 6.00 Å². The van der Waals surface area contributed by atoms with E-state index in [2.05, 4.69) is 0 Å². The Kier molecular flexibility index (Phi) is 6.28. The number of hydrogen-bond acceptors (Lipinski definition) is 3. The van der Waals surface area contributed by atoms with Gasteiger partial charge in [0, 0.05) is 0 Å². The highest BCUT2D eigenvalue weighted by atomic mass is 35.8. The second kappa shape index (κ2) is 7.25. The average molecular weight is 339 g/mol. The molecule has 0 spiro atoms. The van der Waals surface area contributed by atoms with E-state index in [0.717, 1.165) is 5.56 Å². The summed E-state index contributed by atoms with van der Waals surface area (Å²) < 4.78 is 10.3. The molecule has 7 heteroatoms. The Morgan fingerprint density at radius 3 is 2.53 bits per heavy atom. The van der Waals surface area contributed by atoms with Crippen molar-refractivity contribution in [2.45, 2.75) is 25.8 Å². The maximum absolute atomic E-state index is 8.56. The average Bonchev–Trinajstić information content (AvgIpc) is 2.32. The van der Waals surface area contributed by atoms with Crippen LogP contribution in [0.4, 0.5) is 0 Å². The van der Waals surface area contributed by atoms with Crippen LogP contribution in [-0.4, -0.2) is 12.6 Å². The van der Waals surface area contributed by atoms with E-state index in [1.807, 2.05) is 26.0 Å². The van der Waals surface area contributed by atoms with E-state index in [4.69, 9.17) is 48.0 Å². The van der Waals surface area contributed by atoms with Gasteiger partial charge in [-0.25, -0.2) is 0 Å². The van der Waals surface area contributed by atoms with Crippen LogP contribution >= 0.6 is 33.2 Å². The predicted molar refractivity (Wildman–Crippen MR) is 80.3 cm³/mol. The van der Waals surface area contributed by atoms with E-state index in [1.165, 1.54) is 0 Å². The van der Waals surface area contributed by atoms with Crippen molar-refractivity contribution < 1.29 is 9.47 Å². The zero-order chi connectivity index (χ0) is 14.5. The number of nitrogens with zero attached hydrogens (tertiary/aromatic N) is 1. The lowest BCUT2D eigenvalue weighted by Crippen LogP contribution is -2.19. The molecule has 1 rings (SSSR count). The van der Waals surface area contributed by atoms with Crippen molar-refractivity contribution in [3.8, 4) is 17.8 Å². The van der Waals surface area contributed by atoms with E-state index >= 15 is 0 Å². The predicted octanol–water partition coefficient (Wildman–Crippen LogP) is 4.53. The fraction of sp³-hybridized carbons (Fsp3) is 0.417. The molecule has 1 unspecified atom stereocenters. The summed E-state index contributed by atoms with van der Waals surface area (Å²) in [5.41, 5.74) is 0.981. The van der Waals surface area contributed by atoms with Crippen molar-refractivity contribution in [1.29, 1.82) is 5.26 Å². The first-order valence-corrected chi connectivity index (χ1v) is 10.9. The van der Waals surface area contributed by atoms with Crippen molar-refractivity contribution in [3.63, 3.8) is 0 Å². The van der Waals surface area contributed by atoms with Gasteiger partial charge in [0.1, 0.15) is 0 Å². The Morgan fingerprint density at radius 2 is 2.00 bits per heavy atom. The number of hydrogen-bond donors (Lipinski definition) is 0. The van der Waals surface area contributed by atoms with Gasteiger partial charge < -0.3 is 9.47 Å². The van der Waals surface area contributed by atoms with Crippen LogP contribution in [0.15, 0.2) is 18.2 Å². The van der Waals surface area contributed by atoms with Crippen LogP contribution in [0.2, 0.25) is 5.54 Å². The van der Waals surface area contributed by atoms with Gasteiger partial charge in [-0.1, -0.05) is 13.0 Å². The summed E-state index contributed by atoms with van der Waals surface area (Å²) in [5, 5.41) is 8.56. The molecule has 19 heavy (non-hydrogen) atoms. The van der Waals surface area contributed by atoms with Crippen molar-refractivity contribution in [2.75, 3.05) is 6.61 Å². The molecule has 1 aromatic rings. The topological polar surface area (TPSA) is 42.2 Å². The largest absolute Gasteiger partial charge is 0.490 e. The van der Waals surface area contributed by atoms with Gasteiger partial charge in [0.2, 0.25) is 0 Å². The molecule has 0 aliphatic heterocycles. The van der Waals surface area contributed by atoms with Gasteiger partial charge in [0.05, 0.1) is 6.61 Å². The number of rotatable bonds is 6. The Hall–Kier alpha value is -0.603. The van der Waals surface area contributed by atoms with Crippen molar-refractivity contribution >= 4 is 39.2 Å². The molecule has 0 radical (unpaired) electrons. The van der Waals surface area contributed by atoms with Gasteiger partial charge in [-0.2, -0.15) is 0 Å². The number of ether oxygens (including phenoxy) is 2. The minimum atomic E-state index is -2.72. The quantitative estimate of drug-likeness (QED) is 0.434. The Balaban J connectivity index is 2.92.